The van der Waals surface area contributed by atoms with Gasteiger partial charge in [-0.1, -0.05) is 0 Å². The molecule has 1 unspecified atom stereocenters. The molecule has 1 fully saturated rings. The number of halogens is 1. The standard InChI is InChI=1S/C9H12FN3O4/c10-17-6-3-5(4-14)16-8(6)13-2-1-7(11)12-9(13)15/h1-2,5-6,8,14H,3-4H2,(H2,11,12,15)/t5-,6?,8+/m0/s1. The summed E-state index contributed by atoms with van der Waals surface area (Å²) in [5.74, 6) is 0.0701. The van der Waals surface area contributed by atoms with Crippen LogP contribution >= 0.6 is 0 Å². The van der Waals surface area contributed by atoms with Crippen molar-refractivity contribution in [1.29, 1.82) is 0 Å². The zero-order valence-corrected chi connectivity index (χ0v) is 8.82. The van der Waals surface area contributed by atoms with Gasteiger partial charge in [0.05, 0.1) is 12.7 Å². The molecule has 1 aromatic heterocycles. The highest BCUT2D eigenvalue weighted by Crippen LogP contribution is 2.30. The number of aliphatic hydroxyl groups excluding tert-OH is 1. The summed E-state index contributed by atoms with van der Waals surface area (Å²) in [5.41, 5.74) is 4.68. The van der Waals surface area contributed by atoms with E-state index in [-0.39, 0.29) is 18.8 Å². The lowest BCUT2D eigenvalue weighted by Gasteiger charge is -2.17. The molecule has 1 aromatic rings. The van der Waals surface area contributed by atoms with E-state index in [4.69, 9.17) is 15.6 Å². The number of hydrogen-bond donors (Lipinski definition) is 2. The van der Waals surface area contributed by atoms with Crippen molar-refractivity contribution in [3.63, 3.8) is 0 Å². The molecule has 0 saturated carbocycles. The molecule has 94 valence electrons. The number of anilines is 1. The summed E-state index contributed by atoms with van der Waals surface area (Å²) in [7, 11) is 0. The van der Waals surface area contributed by atoms with E-state index in [0.29, 0.717) is 0 Å². The number of nitrogens with two attached hydrogens (primary N) is 1. The summed E-state index contributed by atoms with van der Waals surface area (Å²) in [6.07, 6.45) is -0.950. The molecular formula is C9H12FN3O4. The van der Waals surface area contributed by atoms with Crippen LogP contribution in [0.1, 0.15) is 12.6 Å². The van der Waals surface area contributed by atoms with Gasteiger partial charge in [-0.15, -0.1) is 0 Å². The highest BCUT2D eigenvalue weighted by molar-refractivity contribution is 5.23. The van der Waals surface area contributed by atoms with E-state index in [9.17, 15) is 9.32 Å². The van der Waals surface area contributed by atoms with Crippen molar-refractivity contribution < 1.29 is 19.3 Å². The zero-order chi connectivity index (χ0) is 12.4. The molecule has 0 spiro atoms. The molecule has 1 aliphatic heterocycles. The van der Waals surface area contributed by atoms with Crippen molar-refractivity contribution in [3.05, 3.63) is 22.7 Å². The first-order chi connectivity index (χ1) is 8.15. The van der Waals surface area contributed by atoms with Crippen molar-refractivity contribution >= 4 is 5.82 Å². The third kappa shape index (κ3) is 2.28. The Morgan fingerprint density at radius 1 is 1.76 bits per heavy atom. The highest BCUT2D eigenvalue weighted by Gasteiger charge is 2.38. The topological polar surface area (TPSA) is 99.6 Å². The number of rotatable bonds is 3. The second kappa shape index (κ2) is 4.78. The lowest BCUT2D eigenvalue weighted by molar-refractivity contribution is -0.206. The summed E-state index contributed by atoms with van der Waals surface area (Å²) in [6, 6.07) is 1.40. The van der Waals surface area contributed by atoms with Crippen LogP contribution in [0.15, 0.2) is 17.1 Å². The van der Waals surface area contributed by atoms with Gasteiger partial charge in [-0.3, -0.25) is 4.57 Å². The maximum Gasteiger partial charge on any atom is 0.351 e. The minimum absolute atomic E-state index is 0.0701. The van der Waals surface area contributed by atoms with Crippen LogP contribution in [0.2, 0.25) is 0 Å². The van der Waals surface area contributed by atoms with Gasteiger partial charge in [-0.05, 0) is 10.6 Å². The predicted molar refractivity (Wildman–Crippen MR) is 54.5 cm³/mol. The van der Waals surface area contributed by atoms with Crippen molar-refractivity contribution in [2.45, 2.75) is 24.9 Å². The normalized spacial score (nSPS) is 28.5. The van der Waals surface area contributed by atoms with Crippen LogP contribution in [0.25, 0.3) is 0 Å². The monoisotopic (exact) mass is 245 g/mol. The van der Waals surface area contributed by atoms with Gasteiger partial charge in [-0.2, -0.15) is 9.93 Å². The first-order valence-corrected chi connectivity index (χ1v) is 5.04. The molecule has 2 heterocycles. The van der Waals surface area contributed by atoms with E-state index >= 15 is 0 Å². The van der Waals surface area contributed by atoms with Crippen LogP contribution in [-0.2, 0) is 9.68 Å². The fraction of sp³-hybridized carbons (Fsp3) is 0.556. The van der Waals surface area contributed by atoms with Gasteiger partial charge in [0.15, 0.2) is 6.23 Å². The third-order valence-corrected chi connectivity index (χ3v) is 2.59. The zero-order valence-electron chi connectivity index (χ0n) is 8.82. The number of nitrogen functional groups attached to an aromatic ring is 1. The minimum Gasteiger partial charge on any atom is -0.394 e. The number of hydrogen-bond acceptors (Lipinski definition) is 6. The van der Waals surface area contributed by atoms with Crippen LogP contribution < -0.4 is 11.4 Å². The number of nitrogens with zero attached hydrogens (tertiary/aromatic N) is 2. The maximum atomic E-state index is 12.3. The minimum atomic E-state index is -0.949. The van der Waals surface area contributed by atoms with Crippen molar-refractivity contribution in [2.24, 2.45) is 0 Å². The van der Waals surface area contributed by atoms with Crippen LogP contribution in [0.4, 0.5) is 10.3 Å². The largest absolute Gasteiger partial charge is 0.394 e. The molecule has 3 atom stereocenters. The second-order valence-corrected chi connectivity index (χ2v) is 3.74. The van der Waals surface area contributed by atoms with Gasteiger partial charge >= 0.3 is 5.69 Å². The molecule has 0 bridgehead atoms. The lowest BCUT2D eigenvalue weighted by atomic mass is 10.2. The van der Waals surface area contributed by atoms with Gasteiger partial charge < -0.3 is 15.6 Å². The molecule has 7 nitrogen and oxygen atoms in total. The molecule has 17 heavy (non-hydrogen) atoms. The Balaban J connectivity index is 2.29. The Morgan fingerprint density at radius 2 is 2.53 bits per heavy atom. The first kappa shape index (κ1) is 12.0. The Kier molecular flexibility index (Phi) is 3.36. The van der Waals surface area contributed by atoms with E-state index in [2.05, 4.69) is 9.93 Å². The first-order valence-electron chi connectivity index (χ1n) is 5.04. The van der Waals surface area contributed by atoms with E-state index in [1.54, 1.807) is 0 Å². The van der Waals surface area contributed by atoms with E-state index in [0.717, 1.165) is 4.57 Å². The Bertz CT molecular complexity index is 452. The highest BCUT2D eigenvalue weighted by atomic mass is 19.3. The quantitative estimate of drug-likeness (QED) is 0.735. The van der Waals surface area contributed by atoms with E-state index in [1.807, 2.05) is 0 Å². The molecule has 0 radical (unpaired) electrons. The lowest BCUT2D eigenvalue weighted by Crippen LogP contribution is -2.32. The molecular weight excluding hydrogens is 233 g/mol. The third-order valence-electron chi connectivity index (χ3n) is 2.59. The summed E-state index contributed by atoms with van der Waals surface area (Å²) < 4.78 is 18.7. The van der Waals surface area contributed by atoms with Crippen LogP contribution in [0.5, 0.6) is 0 Å². The molecule has 0 aliphatic carbocycles. The molecule has 0 amide bonds. The second-order valence-electron chi connectivity index (χ2n) is 3.74. The number of aliphatic hydroxyl groups is 1. The fourth-order valence-corrected chi connectivity index (χ4v) is 1.78. The van der Waals surface area contributed by atoms with Gasteiger partial charge in [0.1, 0.15) is 11.9 Å². The SMILES string of the molecule is Nc1ccn([C@@H]2O[C@H](CO)CC2OF)c(=O)n1. The van der Waals surface area contributed by atoms with Crippen molar-refractivity contribution in [1.82, 2.24) is 9.55 Å². The summed E-state index contributed by atoms with van der Waals surface area (Å²) in [5, 5.41) is 8.93. The average Bonchev–Trinajstić information content (AvgIpc) is 2.72. The average molecular weight is 245 g/mol. The molecule has 3 N–H and O–H groups in total. The number of aromatic nitrogens is 2. The van der Waals surface area contributed by atoms with E-state index < -0.39 is 24.1 Å². The van der Waals surface area contributed by atoms with Crippen molar-refractivity contribution in [2.75, 3.05) is 12.3 Å². The van der Waals surface area contributed by atoms with Crippen LogP contribution in [0, 0.1) is 0 Å². The van der Waals surface area contributed by atoms with Gasteiger partial charge in [0.2, 0.25) is 0 Å². The fourth-order valence-electron chi connectivity index (χ4n) is 1.78. The van der Waals surface area contributed by atoms with Crippen LogP contribution in [0.3, 0.4) is 0 Å². The number of ether oxygens (including phenoxy) is 1. The van der Waals surface area contributed by atoms with Gasteiger partial charge in [0, 0.05) is 12.6 Å². The molecule has 1 saturated heterocycles. The van der Waals surface area contributed by atoms with Crippen molar-refractivity contribution in [3.8, 4) is 0 Å². The molecule has 0 aromatic carbocycles. The molecule has 1 aliphatic rings. The van der Waals surface area contributed by atoms with E-state index in [1.165, 1.54) is 12.3 Å². The summed E-state index contributed by atoms with van der Waals surface area (Å²) >= 11 is 0. The van der Waals surface area contributed by atoms with Gasteiger partial charge in [-0.25, -0.2) is 4.79 Å². The predicted octanol–water partition coefficient (Wildman–Crippen LogP) is -0.625. The summed E-state index contributed by atoms with van der Waals surface area (Å²) in [6.45, 7) is -0.270. The molecule has 8 heteroatoms. The van der Waals surface area contributed by atoms with Crippen LogP contribution in [-0.4, -0.2) is 33.5 Å². The maximum absolute atomic E-state index is 12.3. The Hall–Kier alpha value is -1.51. The summed E-state index contributed by atoms with van der Waals surface area (Å²) in [4.78, 5) is 18.8. The Labute approximate surface area is 95.5 Å². The van der Waals surface area contributed by atoms with Gasteiger partial charge in [0.25, 0.3) is 0 Å². The molecule has 2 rings (SSSR count). The Morgan fingerprint density at radius 3 is 3.12 bits per heavy atom. The smallest absolute Gasteiger partial charge is 0.351 e.